The van der Waals surface area contributed by atoms with E-state index in [0.717, 1.165) is 54.1 Å². The highest BCUT2D eigenvalue weighted by atomic mass is 32.2. The molecule has 0 saturated carbocycles. The standard InChI is InChI=1S/C26H22N2O4S2/c1-27-23-11-15-5-7-20-19(21(15)9-17(23)13-25(27)33(3,29)30)8-6-16-12-24-18(10-22(16)20)14-26(28(24)2)34(4,31)32/h5-14H,1-4H3. The van der Waals surface area contributed by atoms with E-state index in [1.54, 1.807) is 35.4 Å². The molecule has 2 aromatic heterocycles. The van der Waals surface area contributed by atoms with Gasteiger partial charge in [-0.2, -0.15) is 0 Å². The maximum absolute atomic E-state index is 12.2. The molecule has 8 heteroatoms. The predicted octanol–water partition coefficient (Wildman–Crippen LogP) is 4.94. The lowest BCUT2D eigenvalue weighted by Gasteiger charge is -2.10. The van der Waals surface area contributed by atoms with E-state index in [-0.39, 0.29) is 0 Å². The molecule has 0 spiro atoms. The van der Waals surface area contributed by atoms with E-state index >= 15 is 0 Å². The van der Waals surface area contributed by atoms with Gasteiger partial charge in [0, 0.05) is 48.4 Å². The van der Waals surface area contributed by atoms with Crippen LogP contribution in [0.3, 0.4) is 0 Å². The minimum atomic E-state index is -3.34. The van der Waals surface area contributed by atoms with Crippen molar-refractivity contribution in [2.75, 3.05) is 12.5 Å². The highest BCUT2D eigenvalue weighted by molar-refractivity contribution is 7.90. The van der Waals surface area contributed by atoms with Crippen LogP contribution in [-0.4, -0.2) is 38.5 Å². The first-order valence-corrected chi connectivity index (χ1v) is 14.5. The molecule has 4 aromatic carbocycles. The second-order valence-electron chi connectivity index (χ2n) is 9.12. The van der Waals surface area contributed by atoms with Crippen molar-refractivity contribution in [1.29, 1.82) is 0 Å². The number of nitrogens with zero attached hydrogens (tertiary/aromatic N) is 2. The maximum atomic E-state index is 12.2. The van der Waals surface area contributed by atoms with Gasteiger partial charge in [0.1, 0.15) is 10.1 Å². The Bertz CT molecular complexity index is 1930. The van der Waals surface area contributed by atoms with E-state index in [4.69, 9.17) is 0 Å². The van der Waals surface area contributed by atoms with E-state index in [1.807, 2.05) is 12.1 Å². The zero-order valence-electron chi connectivity index (χ0n) is 19.1. The Labute approximate surface area is 196 Å². The topological polar surface area (TPSA) is 78.1 Å². The van der Waals surface area contributed by atoms with E-state index in [1.165, 1.54) is 12.5 Å². The summed E-state index contributed by atoms with van der Waals surface area (Å²) in [4.78, 5) is 0. The zero-order valence-corrected chi connectivity index (χ0v) is 20.8. The molecule has 0 aliphatic rings. The van der Waals surface area contributed by atoms with Gasteiger partial charge in [-0.3, -0.25) is 0 Å². The predicted molar refractivity (Wildman–Crippen MR) is 138 cm³/mol. The Morgan fingerprint density at radius 2 is 0.882 bits per heavy atom. The zero-order chi connectivity index (χ0) is 24.2. The minimum Gasteiger partial charge on any atom is -0.335 e. The highest BCUT2D eigenvalue weighted by Crippen LogP contribution is 2.36. The highest BCUT2D eigenvalue weighted by Gasteiger charge is 2.18. The molecule has 0 N–H and O–H groups in total. The van der Waals surface area contributed by atoms with Gasteiger partial charge in [0.2, 0.25) is 0 Å². The van der Waals surface area contributed by atoms with Crippen molar-refractivity contribution in [3.63, 3.8) is 0 Å². The summed E-state index contributed by atoms with van der Waals surface area (Å²) in [5.74, 6) is 0. The Hall–Kier alpha value is -3.36. The van der Waals surface area contributed by atoms with Gasteiger partial charge in [-0.15, -0.1) is 0 Å². The molecule has 6 rings (SSSR count). The normalized spacial score (nSPS) is 13.2. The van der Waals surface area contributed by atoms with Crippen LogP contribution in [0.2, 0.25) is 0 Å². The largest absolute Gasteiger partial charge is 0.335 e. The summed E-state index contributed by atoms with van der Waals surface area (Å²) in [5, 5.41) is 8.61. The van der Waals surface area contributed by atoms with Crippen molar-refractivity contribution in [2.45, 2.75) is 10.1 Å². The van der Waals surface area contributed by atoms with Crippen molar-refractivity contribution in [3.8, 4) is 0 Å². The number of aryl methyl sites for hydroxylation is 2. The number of benzene rings is 4. The first-order chi connectivity index (χ1) is 15.9. The minimum absolute atomic E-state index is 0.292. The molecular formula is C26H22N2O4S2. The number of hydrogen-bond donors (Lipinski definition) is 0. The molecule has 0 unspecified atom stereocenters. The lowest BCUT2D eigenvalue weighted by molar-refractivity contribution is 0.591. The van der Waals surface area contributed by atoms with Gasteiger partial charge < -0.3 is 9.13 Å². The number of rotatable bonds is 2. The summed E-state index contributed by atoms with van der Waals surface area (Å²) < 4.78 is 52.3. The summed E-state index contributed by atoms with van der Waals surface area (Å²) in [7, 11) is -3.14. The van der Waals surface area contributed by atoms with Crippen molar-refractivity contribution < 1.29 is 16.8 Å². The van der Waals surface area contributed by atoms with Crippen LogP contribution in [0.4, 0.5) is 0 Å². The Morgan fingerprint density at radius 1 is 0.500 bits per heavy atom. The van der Waals surface area contributed by atoms with Gasteiger partial charge in [0.25, 0.3) is 0 Å². The summed E-state index contributed by atoms with van der Waals surface area (Å²) in [6, 6.07) is 19.9. The average molecular weight is 491 g/mol. The average Bonchev–Trinajstić information content (AvgIpc) is 3.27. The quantitative estimate of drug-likeness (QED) is 0.322. The molecule has 6 nitrogen and oxygen atoms in total. The third-order valence-corrected chi connectivity index (χ3v) is 9.13. The first-order valence-electron chi connectivity index (χ1n) is 10.7. The van der Waals surface area contributed by atoms with Crippen LogP contribution < -0.4 is 0 Å². The molecule has 0 fully saturated rings. The lowest BCUT2D eigenvalue weighted by Crippen LogP contribution is -2.03. The molecule has 0 saturated heterocycles. The Kier molecular flexibility index (Phi) is 4.12. The Morgan fingerprint density at radius 3 is 1.24 bits per heavy atom. The molecule has 0 aliphatic heterocycles. The Balaban J connectivity index is 1.70. The molecule has 0 bridgehead atoms. The van der Waals surface area contributed by atoms with E-state index in [0.29, 0.717) is 10.1 Å². The van der Waals surface area contributed by atoms with Crippen LogP contribution in [0.5, 0.6) is 0 Å². The summed E-state index contributed by atoms with van der Waals surface area (Å²) in [6.45, 7) is 0. The van der Waals surface area contributed by atoms with Gasteiger partial charge in [-0.1, -0.05) is 24.3 Å². The van der Waals surface area contributed by atoms with Crippen molar-refractivity contribution in [3.05, 3.63) is 60.7 Å². The monoisotopic (exact) mass is 490 g/mol. The SMILES string of the molecule is Cn1c(S(C)(=O)=O)cc2cc3c(ccc4c5cc6cc(S(C)(=O)=O)n(C)c6cc5ccc34)cc21. The van der Waals surface area contributed by atoms with Crippen LogP contribution in [0, 0.1) is 0 Å². The molecule has 0 aliphatic carbocycles. The van der Waals surface area contributed by atoms with Gasteiger partial charge >= 0.3 is 0 Å². The van der Waals surface area contributed by atoms with Gasteiger partial charge in [0.05, 0.1) is 0 Å². The van der Waals surface area contributed by atoms with Crippen LogP contribution in [0.25, 0.3) is 54.1 Å². The fraction of sp³-hybridized carbons (Fsp3) is 0.154. The van der Waals surface area contributed by atoms with Crippen molar-refractivity contribution in [2.24, 2.45) is 14.1 Å². The molecular weight excluding hydrogens is 468 g/mol. The van der Waals surface area contributed by atoms with Gasteiger partial charge in [-0.05, 0) is 68.7 Å². The van der Waals surface area contributed by atoms with Crippen molar-refractivity contribution in [1.82, 2.24) is 9.13 Å². The van der Waals surface area contributed by atoms with E-state index in [9.17, 15) is 16.8 Å². The summed E-state index contributed by atoms with van der Waals surface area (Å²) in [5.41, 5.74) is 1.74. The lowest BCUT2D eigenvalue weighted by atomic mass is 9.95. The van der Waals surface area contributed by atoms with Gasteiger partial charge in [-0.25, -0.2) is 16.8 Å². The number of sulfone groups is 2. The van der Waals surface area contributed by atoms with Crippen molar-refractivity contribution >= 4 is 73.8 Å². The molecule has 0 radical (unpaired) electrons. The molecule has 2 heterocycles. The molecule has 172 valence electrons. The molecule has 34 heavy (non-hydrogen) atoms. The number of hydrogen-bond acceptors (Lipinski definition) is 4. The second-order valence-corrected chi connectivity index (χ2v) is 13.0. The molecule has 6 aromatic rings. The second kappa shape index (κ2) is 6.61. The fourth-order valence-corrected chi connectivity index (χ4v) is 7.07. The third-order valence-electron chi connectivity index (χ3n) is 6.83. The maximum Gasteiger partial charge on any atom is 0.190 e. The number of fused-ring (bicyclic) bond motifs is 7. The van der Waals surface area contributed by atoms with E-state index in [2.05, 4.69) is 36.4 Å². The number of aromatic nitrogens is 2. The molecule has 0 amide bonds. The summed E-state index contributed by atoms with van der Waals surface area (Å²) >= 11 is 0. The fourth-order valence-electron chi connectivity index (χ4n) is 5.20. The first kappa shape index (κ1) is 21.2. The van der Waals surface area contributed by atoms with Crippen LogP contribution in [0.1, 0.15) is 0 Å². The van der Waals surface area contributed by atoms with Gasteiger partial charge in [0.15, 0.2) is 19.7 Å². The van der Waals surface area contributed by atoms with Crippen LogP contribution >= 0.6 is 0 Å². The third kappa shape index (κ3) is 2.91. The smallest absolute Gasteiger partial charge is 0.190 e. The molecule has 0 atom stereocenters. The van der Waals surface area contributed by atoms with Crippen LogP contribution in [0.15, 0.2) is 70.7 Å². The van der Waals surface area contributed by atoms with Crippen LogP contribution in [-0.2, 0) is 33.8 Å². The van der Waals surface area contributed by atoms with E-state index < -0.39 is 19.7 Å². The summed E-state index contributed by atoms with van der Waals surface area (Å²) in [6.07, 6.45) is 2.45.